The van der Waals surface area contributed by atoms with Crippen molar-refractivity contribution in [2.75, 3.05) is 26.4 Å². The molecule has 0 saturated heterocycles. The Kier molecular flexibility index (Phi) is 15.7. The monoisotopic (exact) mass is 508 g/mol. The molecule has 0 aliphatic heterocycles. The molecule has 188 valence electrons. The molecule has 0 aromatic rings. The molecule has 11 heteroatoms. The fraction of sp³-hybridized carbons (Fsp3) is 0.727. The van der Waals surface area contributed by atoms with E-state index in [0.717, 1.165) is 0 Å². The van der Waals surface area contributed by atoms with Crippen LogP contribution in [0.5, 0.6) is 0 Å². The van der Waals surface area contributed by atoms with Crippen LogP contribution < -0.4 is 0 Å². The summed E-state index contributed by atoms with van der Waals surface area (Å²) in [6.07, 6.45) is -1.53. The van der Waals surface area contributed by atoms with E-state index in [1.54, 1.807) is 20.8 Å². The molecule has 0 fully saturated rings. The SMILES string of the molecule is CCOC(=O)CC(=O)[CH2][Ti]([CH2]C(=O)CC(=O)OCC)([CH2]C(=O)CC(=O)OCC)[O]CC(C)C. The summed E-state index contributed by atoms with van der Waals surface area (Å²) < 4.78 is 19.8. The third-order valence-electron chi connectivity index (χ3n) is 4.22. The van der Waals surface area contributed by atoms with Gasteiger partial charge in [-0.25, -0.2) is 0 Å². The Bertz CT molecular complexity index is 618. The number of ether oxygens (including phenoxy) is 3. The number of ketones is 3. The van der Waals surface area contributed by atoms with Gasteiger partial charge in [0.25, 0.3) is 0 Å². The van der Waals surface area contributed by atoms with Crippen LogP contribution in [0.15, 0.2) is 0 Å². The standard InChI is InChI=1S/3C6H9O3.C4H9O.Ti/c3*1-3-9-6(8)4-5(2)7;1-4(2)3-5;/h3*2-4H2,1H3;4H,3H2,1-2H3;/q;;;-1;+1. The first-order valence-corrected chi connectivity index (χ1v) is 15.1. The van der Waals surface area contributed by atoms with Gasteiger partial charge >= 0.3 is 199 Å². The van der Waals surface area contributed by atoms with E-state index in [2.05, 4.69) is 0 Å². The van der Waals surface area contributed by atoms with Crippen LogP contribution in [0.1, 0.15) is 53.9 Å². The van der Waals surface area contributed by atoms with Crippen molar-refractivity contribution >= 4 is 35.3 Å². The molecule has 0 bridgehead atoms. The van der Waals surface area contributed by atoms with E-state index in [-0.39, 0.29) is 46.5 Å². The van der Waals surface area contributed by atoms with Crippen LogP contribution in [0.3, 0.4) is 0 Å². The van der Waals surface area contributed by atoms with Crippen molar-refractivity contribution in [2.45, 2.75) is 68.1 Å². The number of hydrogen-bond donors (Lipinski definition) is 0. The third kappa shape index (κ3) is 14.8. The molecule has 0 spiro atoms. The van der Waals surface area contributed by atoms with Gasteiger partial charge in [0.15, 0.2) is 0 Å². The molecule has 0 atom stereocenters. The molecule has 0 aromatic carbocycles. The third-order valence-corrected chi connectivity index (χ3v) is 10.3. The predicted octanol–water partition coefficient (Wildman–Crippen LogP) is 2.55. The summed E-state index contributed by atoms with van der Waals surface area (Å²) in [4.78, 5) is 73.3. The molecule has 33 heavy (non-hydrogen) atoms. The van der Waals surface area contributed by atoms with Crippen LogP contribution in [-0.4, -0.2) is 61.7 Å². The van der Waals surface area contributed by atoms with Crippen molar-refractivity contribution in [3.05, 3.63) is 0 Å². The Morgan fingerprint density at radius 3 is 1.15 bits per heavy atom. The summed E-state index contributed by atoms with van der Waals surface area (Å²) in [5.74, 6) is -3.62. The van der Waals surface area contributed by atoms with Crippen molar-refractivity contribution < 1.29 is 63.3 Å². The maximum absolute atomic E-state index is 12.7. The van der Waals surface area contributed by atoms with Gasteiger partial charge in [0.2, 0.25) is 0 Å². The van der Waals surface area contributed by atoms with Gasteiger partial charge in [-0.05, 0) is 0 Å². The van der Waals surface area contributed by atoms with Crippen LogP contribution in [0, 0.1) is 5.92 Å². The van der Waals surface area contributed by atoms with Gasteiger partial charge in [-0.2, -0.15) is 0 Å². The van der Waals surface area contributed by atoms with E-state index in [1.807, 2.05) is 13.8 Å². The van der Waals surface area contributed by atoms with Crippen LogP contribution in [0.25, 0.3) is 0 Å². The minimum absolute atomic E-state index is 0.0375. The van der Waals surface area contributed by atoms with Crippen molar-refractivity contribution in [1.29, 1.82) is 0 Å². The van der Waals surface area contributed by atoms with Gasteiger partial charge in [0.05, 0.1) is 0 Å². The Hall–Kier alpha value is -1.91. The summed E-state index contributed by atoms with van der Waals surface area (Å²) in [6, 6.07) is 0. The van der Waals surface area contributed by atoms with Gasteiger partial charge < -0.3 is 0 Å². The Morgan fingerprint density at radius 1 is 0.606 bits per heavy atom. The fourth-order valence-electron chi connectivity index (χ4n) is 3.07. The summed E-state index contributed by atoms with van der Waals surface area (Å²) in [5, 5.41) is 0. The van der Waals surface area contributed by atoms with E-state index in [9.17, 15) is 28.8 Å². The van der Waals surface area contributed by atoms with Gasteiger partial charge in [-0.15, -0.1) is 0 Å². The zero-order valence-corrected chi connectivity index (χ0v) is 21.8. The van der Waals surface area contributed by atoms with Crippen molar-refractivity contribution in [1.82, 2.24) is 0 Å². The molecular weight excluding hydrogens is 472 g/mol. The molecule has 0 unspecified atom stereocenters. The first-order valence-electron chi connectivity index (χ1n) is 11.1. The first-order chi connectivity index (χ1) is 15.5. The average molecular weight is 508 g/mol. The molecule has 0 aliphatic carbocycles. The average Bonchev–Trinajstić information content (AvgIpc) is 2.66. The first kappa shape index (κ1) is 31.1. The van der Waals surface area contributed by atoms with E-state index < -0.39 is 71.5 Å². The normalized spacial score (nSPS) is 11.1. The molecule has 0 heterocycles. The van der Waals surface area contributed by atoms with Crippen LogP contribution >= 0.6 is 0 Å². The predicted molar refractivity (Wildman–Crippen MR) is 114 cm³/mol. The number of hydrogen-bond acceptors (Lipinski definition) is 10. The second kappa shape index (κ2) is 16.7. The number of rotatable bonds is 18. The molecule has 10 nitrogen and oxygen atoms in total. The Balaban J connectivity index is 5.80. The molecule has 0 N–H and O–H groups in total. The minimum atomic E-state index is -4.14. The second-order valence-electron chi connectivity index (χ2n) is 7.98. The summed E-state index contributed by atoms with van der Waals surface area (Å²) in [5.41, 5.74) is 0. The number of carbonyl (C=O) groups is 6. The molecule has 0 saturated carbocycles. The van der Waals surface area contributed by atoms with Crippen molar-refractivity contribution in [2.24, 2.45) is 5.92 Å². The van der Waals surface area contributed by atoms with E-state index in [1.165, 1.54) is 0 Å². The Morgan fingerprint density at radius 2 is 0.909 bits per heavy atom. The van der Waals surface area contributed by atoms with Crippen molar-refractivity contribution in [3.63, 3.8) is 0 Å². The number of esters is 3. The molecular formula is C22H36O10Ti. The van der Waals surface area contributed by atoms with Gasteiger partial charge in [-0.3, -0.25) is 0 Å². The molecule has 0 amide bonds. The summed E-state index contributed by atoms with van der Waals surface area (Å²) in [7, 11) is 0. The van der Waals surface area contributed by atoms with Gasteiger partial charge in [-0.1, -0.05) is 0 Å². The zero-order valence-electron chi connectivity index (χ0n) is 20.2. The van der Waals surface area contributed by atoms with E-state index in [4.69, 9.17) is 17.5 Å². The van der Waals surface area contributed by atoms with Crippen LogP contribution in [-0.2, 0) is 63.3 Å². The molecule has 0 radical (unpaired) electrons. The van der Waals surface area contributed by atoms with E-state index >= 15 is 0 Å². The van der Waals surface area contributed by atoms with Gasteiger partial charge in [0.1, 0.15) is 0 Å². The molecule has 0 rings (SSSR count). The molecule has 0 aliphatic rings. The zero-order chi connectivity index (χ0) is 25.4. The van der Waals surface area contributed by atoms with Crippen molar-refractivity contribution in [3.8, 4) is 0 Å². The maximum atomic E-state index is 12.7. The van der Waals surface area contributed by atoms with E-state index in [0.29, 0.717) is 0 Å². The number of carbonyl (C=O) groups excluding carboxylic acids is 6. The molecule has 0 aromatic heterocycles. The quantitative estimate of drug-likeness (QED) is 0.117. The summed E-state index contributed by atoms with van der Waals surface area (Å²) in [6.45, 7) is 9.08. The topological polar surface area (TPSA) is 139 Å². The van der Waals surface area contributed by atoms with Crippen LogP contribution in [0.4, 0.5) is 0 Å². The van der Waals surface area contributed by atoms with Crippen LogP contribution in [0.2, 0.25) is 14.2 Å². The summed E-state index contributed by atoms with van der Waals surface area (Å²) >= 11 is -4.14. The second-order valence-corrected chi connectivity index (χ2v) is 13.8. The number of Topliss-reactive ketones (excluding diaryl/α,β-unsaturated/α-hetero) is 3. The Labute approximate surface area is 198 Å². The van der Waals surface area contributed by atoms with Gasteiger partial charge in [0, 0.05) is 0 Å². The fourth-order valence-corrected chi connectivity index (χ4v) is 9.16.